The van der Waals surface area contributed by atoms with Crippen LogP contribution in [0.5, 0.6) is 0 Å². The van der Waals surface area contributed by atoms with E-state index in [1.165, 1.54) is 17.4 Å². The highest BCUT2D eigenvalue weighted by molar-refractivity contribution is 7.89. The molecule has 1 fully saturated rings. The van der Waals surface area contributed by atoms with Crippen molar-refractivity contribution in [2.75, 3.05) is 19.3 Å². The molecule has 3 N–H and O–H groups in total. The fourth-order valence-electron chi connectivity index (χ4n) is 2.98. The van der Waals surface area contributed by atoms with Crippen molar-refractivity contribution in [3.8, 4) is 0 Å². The number of rotatable bonds is 4. The Morgan fingerprint density at radius 3 is 2.43 bits per heavy atom. The third-order valence-corrected chi connectivity index (χ3v) is 6.31. The molecule has 5 nitrogen and oxygen atoms in total. The highest BCUT2D eigenvalue weighted by atomic mass is 32.2. The molecule has 0 heterocycles. The van der Waals surface area contributed by atoms with Crippen LogP contribution in [-0.2, 0) is 10.0 Å². The molecule has 0 unspecified atom stereocenters. The number of anilines is 1. The zero-order valence-electron chi connectivity index (χ0n) is 12.9. The number of nitrogens with two attached hydrogens (primary N) is 1. The van der Waals surface area contributed by atoms with Crippen LogP contribution in [0.1, 0.15) is 36.8 Å². The lowest BCUT2D eigenvalue weighted by Gasteiger charge is -2.28. The van der Waals surface area contributed by atoms with Gasteiger partial charge < -0.3 is 10.8 Å². The van der Waals surface area contributed by atoms with E-state index in [2.05, 4.69) is 0 Å². The van der Waals surface area contributed by atoms with Crippen LogP contribution in [0.25, 0.3) is 0 Å². The average Bonchev–Trinajstić information content (AvgIpc) is 2.80. The van der Waals surface area contributed by atoms with E-state index in [1.807, 2.05) is 6.92 Å². The number of hydrogen-bond donors (Lipinski definition) is 2. The highest BCUT2D eigenvalue weighted by Gasteiger charge is 2.36. The summed E-state index contributed by atoms with van der Waals surface area (Å²) in [5, 5.41) is 10.4. The van der Waals surface area contributed by atoms with Crippen LogP contribution < -0.4 is 5.73 Å². The van der Waals surface area contributed by atoms with Gasteiger partial charge in [-0.3, -0.25) is 0 Å². The molecule has 0 spiro atoms. The number of nitrogens with zero attached hydrogens (tertiary/aromatic N) is 1. The van der Waals surface area contributed by atoms with Crippen molar-refractivity contribution >= 4 is 15.7 Å². The molecule has 1 aliphatic carbocycles. The summed E-state index contributed by atoms with van der Waals surface area (Å²) in [4.78, 5) is 0.226. The monoisotopic (exact) mass is 312 g/mol. The van der Waals surface area contributed by atoms with Gasteiger partial charge in [-0.05, 0) is 49.9 Å². The van der Waals surface area contributed by atoms with E-state index in [0.717, 1.165) is 18.4 Å². The summed E-state index contributed by atoms with van der Waals surface area (Å²) in [6.45, 7) is 3.75. The van der Waals surface area contributed by atoms with Gasteiger partial charge in [0.15, 0.2) is 0 Å². The molecule has 2 rings (SSSR count). The molecule has 21 heavy (non-hydrogen) atoms. The molecule has 118 valence electrons. The molecule has 0 aliphatic heterocycles. The Morgan fingerprint density at radius 2 is 1.86 bits per heavy atom. The lowest BCUT2D eigenvalue weighted by atomic mass is 10.0. The quantitative estimate of drug-likeness (QED) is 0.831. The normalized spacial score (nSPS) is 18.3. The molecule has 6 heteroatoms. The van der Waals surface area contributed by atoms with Crippen molar-refractivity contribution in [3.05, 3.63) is 23.3 Å². The number of aryl methyl sites for hydroxylation is 1. The van der Waals surface area contributed by atoms with Crippen molar-refractivity contribution in [2.24, 2.45) is 0 Å². The summed E-state index contributed by atoms with van der Waals surface area (Å²) in [6.07, 6.45) is 3.20. The Bertz CT molecular complexity index is 635. The van der Waals surface area contributed by atoms with Gasteiger partial charge in [0.2, 0.25) is 10.0 Å². The predicted molar refractivity (Wildman–Crippen MR) is 83.6 cm³/mol. The summed E-state index contributed by atoms with van der Waals surface area (Å²) in [7, 11) is -2.13. The second kappa shape index (κ2) is 5.59. The van der Waals surface area contributed by atoms with Gasteiger partial charge in [0, 0.05) is 19.3 Å². The molecule has 0 radical (unpaired) electrons. The molecule has 0 atom stereocenters. The number of hydrogen-bond acceptors (Lipinski definition) is 4. The predicted octanol–water partition coefficient (Wildman–Crippen LogP) is 1.81. The van der Waals surface area contributed by atoms with Crippen LogP contribution >= 0.6 is 0 Å². The third kappa shape index (κ3) is 3.22. The fourth-order valence-corrected chi connectivity index (χ4v) is 4.56. The van der Waals surface area contributed by atoms with E-state index in [9.17, 15) is 13.5 Å². The van der Waals surface area contributed by atoms with Crippen molar-refractivity contribution < 1.29 is 13.5 Å². The lowest BCUT2D eigenvalue weighted by Crippen LogP contribution is -2.42. The first-order chi connectivity index (χ1) is 9.66. The Hall–Kier alpha value is -1.11. The molecule has 1 aromatic carbocycles. The number of sulfonamides is 1. The number of benzene rings is 1. The fraction of sp³-hybridized carbons (Fsp3) is 0.600. The highest BCUT2D eigenvalue weighted by Crippen LogP contribution is 2.32. The van der Waals surface area contributed by atoms with Crippen LogP contribution in [0, 0.1) is 13.8 Å². The summed E-state index contributed by atoms with van der Waals surface area (Å²) in [6, 6.07) is 3.26. The van der Waals surface area contributed by atoms with E-state index in [0.29, 0.717) is 24.1 Å². The molecule has 0 bridgehead atoms. The number of likely N-dealkylation sites (N-methyl/N-ethyl adjacent to an activating group) is 1. The number of aliphatic hydroxyl groups is 1. The first-order valence-corrected chi connectivity index (χ1v) is 8.65. The molecule has 1 aromatic rings. The zero-order chi connectivity index (χ0) is 15.8. The maximum absolute atomic E-state index is 12.7. The van der Waals surface area contributed by atoms with Crippen molar-refractivity contribution in [3.63, 3.8) is 0 Å². The van der Waals surface area contributed by atoms with E-state index < -0.39 is 15.6 Å². The molecule has 0 saturated heterocycles. The minimum absolute atomic E-state index is 0.128. The van der Waals surface area contributed by atoms with Crippen LogP contribution in [-0.4, -0.2) is 37.0 Å². The van der Waals surface area contributed by atoms with Crippen LogP contribution in [0.15, 0.2) is 17.0 Å². The second-order valence-electron chi connectivity index (χ2n) is 6.15. The van der Waals surface area contributed by atoms with Crippen molar-refractivity contribution in [1.29, 1.82) is 0 Å². The summed E-state index contributed by atoms with van der Waals surface area (Å²) < 4.78 is 26.7. The van der Waals surface area contributed by atoms with Gasteiger partial charge >= 0.3 is 0 Å². The third-order valence-electron chi connectivity index (χ3n) is 4.38. The van der Waals surface area contributed by atoms with E-state index in [1.54, 1.807) is 13.0 Å². The van der Waals surface area contributed by atoms with Crippen LogP contribution in [0.4, 0.5) is 5.69 Å². The largest absolute Gasteiger partial charge is 0.399 e. The molecule has 0 amide bonds. The maximum Gasteiger partial charge on any atom is 0.243 e. The Labute approximate surface area is 126 Å². The number of nitrogen functional groups attached to an aromatic ring is 1. The SMILES string of the molecule is Cc1cc(N)cc(S(=O)(=O)N(C)CC2(O)CCCC2)c1C. The zero-order valence-corrected chi connectivity index (χ0v) is 13.7. The van der Waals surface area contributed by atoms with Gasteiger partial charge in [-0.15, -0.1) is 0 Å². The minimum Gasteiger partial charge on any atom is -0.399 e. The van der Waals surface area contributed by atoms with E-state index in [4.69, 9.17) is 5.73 Å². The van der Waals surface area contributed by atoms with Gasteiger partial charge in [0.25, 0.3) is 0 Å². The maximum atomic E-state index is 12.7. The Kier molecular flexibility index (Phi) is 4.33. The van der Waals surface area contributed by atoms with Gasteiger partial charge in [-0.25, -0.2) is 8.42 Å². The lowest BCUT2D eigenvalue weighted by molar-refractivity contribution is 0.0333. The first-order valence-electron chi connectivity index (χ1n) is 7.21. The average molecular weight is 312 g/mol. The van der Waals surface area contributed by atoms with Gasteiger partial charge in [-0.1, -0.05) is 12.8 Å². The topological polar surface area (TPSA) is 83.6 Å². The van der Waals surface area contributed by atoms with Gasteiger partial charge in [0.05, 0.1) is 10.5 Å². The Balaban J connectivity index is 2.33. The molecular formula is C15H24N2O3S. The molecule has 1 aliphatic rings. The standard InChI is InChI=1S/C15H24N2O3S/c1-11-8-13(16)9-14(12(11)2)21(19,20)17(3)10-15(18)6-4-5-7-15/h8-9,18H,4-7,10,16H2,1-3H3. The molecular weight excluding hydrogens is 288 g/mol. The van der Waals surface area contributed by atoms with Crippen LogP contribution in [0.2, 0.25) is 0 Å². The van der Waals surface area contributed by atoms with Gasteiger partial charge in [0.1, 0.15) is 0 Å². The smallest absolute Gasteiger partial charge is 0.243 e. The van der Waals surface area contributed by atoms with Crippen molar-refractivity contribution in [2.45, 2.75) is 50.0 Å². The Morgan fingerprint density at radius 1 is 1.29 bits per heavy atom. The summed E-state index contributed by atoms with van der Waals surface area (Å²) in [5.41, 5.74) is 6.87. The molecule has 0 aromatic heterocycles. The van der Waals surface area contributed by atoms with E-state index >= 15 is 0 Å². The molecule has 1 saturated carbocycles. The first kappa shape index (κ1) is 16.3. The van der Waals surface area contributed by atoms with Gasteiger partial charge in [-0.2, -0.15) is 4.31 Å². The van der Waals surface area contributed by atoms with Crippen molar-refractivity contribution in [1.82, 2.24) is 4.31 Å². The second-order valence-corrected chi connectivity index (χ2v) is 8.17. The van der Waals surface area contributed by atoms with Crippen LogP contribution in [0.3, 0.4) is 0 Å². The summed E-state index contributed by atoms with van der Waals surface area (Å²) in [5.74, 6) is 0. The minimum atomic E-state index is -3.65. The van der Waals surface area contributed by atoms with E-state index in [-0.39, 0.29) is 11.4 Å². The summed E-state index contributed by atoms with van der Waals surface area (Å²) >= 11 is 0.